The molecular weight excluding hydrogens is 238 g/mol. The van der Waals surface area contributed by atoms with Gasteiger partial charge in [-0.2, -0.15) is 0 Å². The minimum Gasteiger partial charge on any atom is -0.330 e. The van der Waals surface area contributed by atoms with Gasteiger partial charge in [0.25, 0.3) is 0 Å². The van der Waals surface area contributed by atoms with E-state index in [1.165, 1.54) is 31.5 Å². The van der Waals surface area contributed by atoms with Gasteiger partial charge >= 0.3 is 0 Å². The molecule has 2 atom stereocenters. The summed E-state index contributed by atoms with van der Waals surface area (Å²) in [6, 6.07) is 0.638. The predicted molar refractivity (Wildman–Crippen MR) is 74.6 cm³/mol. The Kier molecular flexibility index (Phi) is 3.84. The van der Waals surface area contributed by atoms with E-state index in [9.17, 15) is 0 Å². The maximum atomic E-state index is 5.84. The van der Waals surface area contributed by atoms with Crippen LogP contribution in [0.25, 0.3) is 0 Å². The van der Waals surface area contributed by atoms with Gasteiger partial charge in [0.1, 0.15) is 11.6 Å². The summed E-state index contributed by atoms with van der Waals surface area (Å²) < 4.78 is 2.34. The maximum absolute atomic E-state index is 5.84. The Labute approximate surface area is 115 Å². The van der Waals surface area contributed by atoms with Gasteiger partial charge < -0.3 is 10.3 Å². The summed E-state index contributed by atoms with van der Waals surface area (Å²) in [4.78, 5) is 2.53. The van der Waals surface area contributed by atoms with Gasteiger partial charge in [0.15, 0.2) is 0 Å². The highest BCUT2D eigenvalue weighted by molar-refractivity contribution is 4.99. The van der Waals surface area contributed by atoms with Crippen LogP contribution in [0.5, 0.6) is 0 Å². The fourth-order valence-electron chi connectivity index (χ4n) is 3.34. The first-order valence-electron chi connectivity index (χ1n) is 7.63. The highest BCUT2D eigenvalue weighted by Crippen LogP contribution is 2.23. The van der Waals surface area contributed by atoms with Crippen molar-refractivity contribution in [3.05, 3.63) is 11.6 Å². The lowest BCUT2D eigenvalue weighted by Gasteiger charge is -2.37. The Hall–Kier alpha value is -0.940. The number of aryl methyl sites for hydroxylation is 1. The van der Waals surface area contributed by atoms with Crippen molar-refractivity contribution in [2.75, 3.05) is 13.1 Å². The van der Waals surface area contributed by atoms with Crippen LogP contribution in [0, 0.1) is 5.92 Å². The molecular formula is C14H25N5. The van der Waals surface area contributed by atoms with Crippen LogP contribution in [0.4, 0.5) is 0 Å². The zero-order valence-electron chi connectivity index (χ0n) is 11.9. The van der Waals surface area contributed by atoms with Crippen molar-refractivity contribution in [3.63, 3.8) is 0 Å². The van der Waals surface area contributed by atoms with E-state index >= 15 is 0 Å². The standard InChI is InChI=1S/C14H25N5/c1-11-5-6-12(8-15)9-18(11)10-14-17-16-13-4-2-3-7-19(13)14/h11-12H,2-10,15H2,1H3. The molecule has 2 aliphatic rings. The first-order valence-corrected chi connectivity index (χ1v) is 7.63. The van der Waals surface area contributed by atoms with Crippen molar-refractivity contribution in [2.45, 2.75) is 58.2 Å². The Bertz CT molecular complexity index is 427. The van der Waals surface area contributed by atoms with Crippen LogP contribution in [0.2, 0.25) is 0 Å². The molecule has 0 aliphatic carbocycles. The number of nitrogens with zero attached hydrogens (tertiary/aromatic N) is 4. The Balaban J connectivity index is 1.71. The number of hydrogen-bond acceptors (Lipinski definition) is 4. The van der Waals surface area contributed by atoms with Crippen LogP contribution in [-0.2, 0) is 19.5 Å². The summed E-state index contributed by atoms with van der Waals surface area (Å²) in [5.74, 6) is 2.99. The molecule has 1 aromatic rings. The summed E-state index contributed by atoms with van der Waals surface area (Å²) in [6.45, 7) is 6.27. The van der Waals surface area contributed by atoms with E-state index in [2.05, 4.69) is 26.6 Å². The summed E-state index contributed by atoms with van der Waals surface area (Å²) >= 11 is 0. The average molecular weight is 263 g/mol. The van der Waals surface area contributed by atoms with Gasteiger partial charge in [-0.1, -0.05) is 0 Å². The lowest BCUT2D eigenvalue weighted by atomic mass is 9.93. The quantitative estimate of drug-likeness (QED) is 0.889. The molecule has 19 heavy (non-hydrogen) atoms. The molecule has 1 fully saturated rings. The second-order valence-corrected chi connectivity index (χ2v) is 6.10. The predicted octanol–water partition coefficient (Wildman–Crippen LogP) is 1.17. The number of fused-ring (bicyclic) bond motifs is 1. The first kappa shape index (κ1) is 13.1. The second-order valence-electron chi connectivity index (χ2n) is 6.10. The summed E-state index contributed by atoms with van der Waals surface area (Å²) in [6.07, 6.45) is 6.13. The fourth-order valence-corrected chi connectivity index (χ4v) is 3.34. The molecule has 0 amide bonds. The van der Waals surface area contributed by atoms with Gasteiger partial charge in [-0.15, -0.1) is 10.2 Å². The van der Waals surface area contributed by atoms with Gasteiger partial charge in [-0.3, -0.25) is 4.90 Å². The normalized spacial score (nSPS) is 28.3. The lowest BCUT2D eigenvalue weighted by Crippen LogP contribution is -2.43. The van der Waals surface area contributed by atoms with Crippen LogP contribution >= 0.6 is 0 Å². The lowest BCUT2D eigenvalue weighted by molar-refractivity contribution is 0.108. The third kappa shape index (κ3) is 2.67. The average Bonchev–Trinajstić information content (AvgIpc) is 2.85. The molecule has 0 saturated carbocycles. The smallest absolute Gasteiger partial charge is 0.147 e. The van der Waals surface area contributed by atoms with Crippen molar-refractivity contribution < 1.29 is 0 Å². The van der Waals surface area contributed by atoms with Gasteiger partial charge in [0.05, 0.1) is 6.54 Å². The molecule has 2 N–H and O–H groups in total. The van der Waals surface area contributed by atoms with Crippen LogP contribution in [0.15, 0.2) is 0 Å². The highest BCUT2D eigenvalue weighted by Gasteiger charge is 2.26. The summed E-state index contributed by atoms with van der Waals surface area (Å²) in [5.41, 5.74) is 5.84. The molecule has 2 unspecified atom stereocenters. The van der Waals surface area contributed by atoms with Gasteiger partial charge in [0, 0.05) is 25.6 Å². The van der Waals surface area contributed by atoms with Crippen molar-refractivity contribution in [2.24, 2.45) is 11.7 Å². The molecule has 5 heteroatoms. The van der Waals surface area contributed by atoms with E-state index in [0.29, 0.717) is 12.0 Å². The molecule has 3 rings (SSSR count). The van der Waals surface area contributed by atoms with Gasteiger partial charge in [-0.25, -0.2) is 0 Å². The molecule has 0 bridgehead atoms. The highest BCUT2D eigenvalue weighted by atomic mass is 15.3. The fraction of sp³-hybridized carbons (Fsp3) is 0.857. The van der Waals surface area contributed by atoms with Crippen LogP contribution in [0.3, 0.4) is 0 Å². The van der Waals surface area contributed by atoms with E-state index < -0.39 is 0 Å². The molecule has 0 aromatic carbocycles. The molecule has 2 aliphatic heterocycles. The number of piperidine rings is 1. The molecule has 0 radical (unpaired) electrons. The summed E-state index contributed by atoms with van der Waals surface area (Å²) in [5, 5.41) is 8.77. The number of aromatic nitrogens is 3. The molecule has 1 saturated heterocycles. The molecule has 106 valence electrons. The van der Waals surface area contributed by atoms with Crippen LogP contribution < -0.4 is 5.73 Å². The Morgan fingerprint density at radius 1 is 1.26 bits per heavy atom. The minimum atomic E-state index is 0.638. The maximum Gasteiger partial charge on any atom is 0.147 e. The molecule has 1 aromatic heterocycles. The summed E-state index contributed by atoms with van der Waals surface area (Å²) in [7, 11) is 0. The number of likely N-dealkylation sites (tertiary alicyclic amines) is 1. The molecule has 3 heterocycles. The zero-order chi connectivity index (χ0) is 13.2. The third-order valence-electron chi connectivity index (χ3n) is 4.72. The van der Waals surface area contributed by atoms with Crippen molar-refractivity contribution in [1.82, 2.24) is 19.7 Å². The Morgan fingerprint density at radius 2 is 2.16 bits per heavy atom. The van der Waals surface area contributed by atoms with E-state index in [1.807, 2.05) is 0 Å². The number of nitrogens with two attached hydrogens (primary N) is 1. The van der Waals surface area contributed by atoms with Gasteiger partial charge in [-0.05, 0) is 45.1 Å². The molecule has 5 nitrogen and oxygen atoms in total. The number of rotatable bonds is 3. The van der Waals surface area contributed by atoms with E-state index in [1.54, 1.807) is 0 Å². The van der Waals surface area contributed by atoms with Crippen molar-refractivity contribution in [1.29, 1.82) is 0 Å². The second kappa shape index (κ2) is 5.59. The van der Waals surface area contributed by atoms with Crippen LogP contribution in [-0.4, -0.2) is 38.8 Å². The van der Waals surface area contributed by atoms with Gasteiger partial charge in [0.2, 0.25) is 0 Å². The first-order chi connectivity index (χ1) is 9.28. The van der Waals surface area contributed by atoms with E-state index in [-0.39, 0.29) is 0 Å². The van der Waals surface area contributed by atoms with E-state index in [4.69, 9.17) is 5.73 Å². The number of hydrogen-bond donors (Lipinski definition) is 1. The minimum absolute atomic E-state index is 0.638. The van der Waals surface area contributed by atoms with Crippen LogP contribution in [0.1, 0.15) is 44.3 Å². The topological polar surface area (TPSA) is 60.0 Å². The third-order valence-corrected chi connectivity index (χ3v) is 4.72. The molecule has 0 spiro atoms. The van der Waals surface area contributed by atoms with Crippen molar-refractivity contribution in [3.8, 4) is 0 Å². The Morgan fingerprint density at radius 3 is 3.00 bits per heavy atom. The zero-order valence-corrected chi connectivity index (χ0v) is 11.9. The monoisotopic (exact) mass is 263 g/mol. The van der Waals surface area contributed by atoms with Crippen molar-refractivity contribution >= 4 is 0 Å². The largest absolute Gasteiger partial charge is 0.330 e. The SMILES string of the molecule is CC1CCC(CN)CN1Cc1nnc2n1CCCC2. The van der Waals surface area contributed by atoms with E-state index in [0.717, 1.165) is 38.4 Å².